The fourth-order valence-corrected chi connectivity index (χ4v) is 2.08. The molecule has 24 heavy (non-hydrogen) atoms. The molecule has 0 radical (unpaired) electrons. The van der Waals surface area contributed by atoms with Gasteiger partial charge in [-0.3, -0.25) is 4.79 Å². The first-order valence-corrected chi connectivity index (χ1v) is 7.55. The van der Waals surface area contributed by atoms with Crippen molar-refractivity contribution in [2.45, 2.75) is 26.9 Å². The first kappa shape index (κ1) is 17.8. The molecule has 0 fully saturated rings. The fraction of sp³-hybridized carbons (Fsp3) is 0.312. The Balaban J connectivity index is 1.81. The van der Waals surface area contributed by atoms with Crippen LogP contribution in [0.5, 0.6) is 5.75 Å². The number of aromatic nitrogens is 1. The van der Waals surface area contributed by atoms with E-state index < -0.39 is 18.0 Å². The van der Waals surface area contributed by atoms with Crippen LogP contribution in [0.1, 0.15) is 18.2 Å². The minimum absolute atomic E-state index is 0.258. The zero-order valence-electron chi connectivity index (χ0n) is 13.5. The van der Waals surface area contributed by atoms with Gasteiger partial charge in [0, 0.05) is 11.1 Å². The highest BCUT2D eigenvalue weighted by atomic mass is 35.5. The van der Waals surface area contributed by atoms with Crippen molar-refractivity contribution in [1.82, 2.24) is 5.16 Å². The molecule has 1 unspecified atom stereocenters. The van der Waals surface area contributed by atoms with Gasteiger partial charge in [-0.2, -0.15) is 0 Å². The number of carbonyl (C=O) groups is 2. The van der Waals surface area contributed by atoms with Crippen molar-refractivity contribution >= 4 is 29.3 Å². The number of halogens is 1. The molecule has 1 heterocycles. The van der Waals surface area contributed by atoms with Gasteiger partial charge in [0.15, 0.2) is 18.5 Å². The van der Waals surface area contributed by atoms with E-state index in [9.17, 15) is 9.59 Å². The topological polar surface area (TPSA) is 90.7 Å². The van der Waals surface area contributed by atoms with Crippen molar-refractivity contribution in [3.8, 4) is 5.75 Å². The third-order valence-corrected chi connectivity index (χ3v) is 3.27. The Bertz CT molecular complexity index is 744. The van der Waals surface area contributed by atoms with Gasteiger partial charge in [0.25, 0.3) is 5.91 Å². The van der Waals surface area contributed by atoms with Crippen LogP contribution in [-0.2, 0) is 14.3 Å². The molecule has 0 saturated heterocycles. The average Bonchev–Trinajstić information content (AvgIpc) is 2.91. The van der Waals surface area contributed by atoms with Gasteiger partial charge in [0.2, 0.25) is 0 Å². The fourth-order valence-electron chi connectivity index (χ4n) is 1.85. The lowest BCUT2D eigenvalue weighted by Crippen LogP contribution is -2.31. The summed E-state index contributed by atoms with van der Waals surface area (Å²) in [4.78, 5) is 23.7. The molecule has 0 bridgehead atoms. The van der Waals surface area contributed by atoms with Gasteiger partial charge in [0.05, 0.1) is 0 Å². The summed E-state index contributed by atoms with van der Waals surface area (Å²) >= 11 is 5.85. The highest BCUT2D eigenvalue weighted by Gasteiger charge is 2.19. The Hall–Kier alpha value is -2.54. The summed E-state index contributed by atoms with van der Waals surface area (Å²) < 4.78 is 15.2. The predicted molar refractivity (Wildman–Crippen MR) is 87.1 cm³/mol. The number of aryl methyl sites for hydroxylation is 2. The predicted octanol–water partition coefficient (Wildman–Crippen LogP) is 2.89. The van der Waals surface area contributed by atoms with Gasteiger partial charge in [0.1, 0.15) is 11.5 Å². The molecule has 2 aromatic rings. The molecule has 1 aromatic heterocycles. The molecule has 0 aliphatic carbocycles. The molecule has 0 aliphatic heterocycles. The van der Waals surface area contributed by atoms with Crippen LogP contribution < -0.4 is 10.1 Å². The maximum Gasteiger partial charge on any atom is 0.344 e. The molecule has 0 saturated carbocycles. The van der Waals surface area contributed by atoms with Crippen LogP contribution >= 0.6 is 11.6 Å². The number of ether oxygens (including phenoxy) is 2. The van der Waals surface area contributed by atoms with Crippen molar-refractivity contribution in [2.24, 2.45) is 0 Å². The number of rotatable bonds is 6. The van der Waals surface area contributed by atoms with E-state index in [4.69, 9.17) is 25.6 Å². The number of carbonyl (C=O) groups excluding carboxylic acids is 2. The summed E-state index contributed by atoms with van der Waals surface area (Å²) in [5.74, 6) is 0.157. The average molecular weight is 353 g/mol. The van der Waals surface area contributed by atoms with Gasteiger partial charge in [-0.25, -0.2) is 4.79 Å². The monoisotopic (exact) mass is 352 g/mol. The number of esters is 1. The number of benzene rings is 1. The van der Waals surface area contributed by atoms with Crippen LogP contribution in [-0.4, -0.2) is 29.7 Å². The molecule has 1 atom stereocenters. The van der Waals surface area contributed by atoms with Crippen LogP contribution in [0.25, 0.3) is 0 Å². The lowest BCUT2D eigenvalue weighted by molar-refractivity contribution is -0.155. The lowest BCUT2D eigenvalue weighted by Gasteiger charge is -2.13. The Morgan fingerprint density at radius 2 is 2.08 bits per heavy atom. The van der Waals surface area contributed by atoms with Crippen molar-refractivity contribution in [3.05, 3.63) is 40.6 Å². The molecule has 1 aromatic carbocycles. The minimum atomic E-state index is -0.996. The van der Waals surface area contributed by atoms with Crippen molar-refractivity contribution in [3.63, 3.8) is 0 Å². The third kappa shape index (κ3) is 4.99. The van der Waals surface area contributed by atoms with Gasteiger partial charge in [-0.15, -0.1) is 0 Å². The van der Waals surface area contributed by atoms with Crippen LogP contribution in [0, 0.1) is 13.8 Å². The standard InChI is InChI=1S/C16H17ClN2O5/c1-9-6-12(17)4-5-13(9)22-8-15(20)23-11(3)16(21)18-14-7-10(2)24-19-14/h4-7,11H,8H2,1-3H3,(H,18,19,21). The van der Waals surface area contributed by atoms with E-state index in [-0.39, 0.29) is 12.4 Å². The van der Waals surface area contributed by atoms with Gasteiger partial charge >= 0.3 is 5.97 Å². The molecular formula is C16H17ClN2O5. The van der Waals surface area contributed by atoms with Gasteiger partial charge in [-0.1, -0.05) is 16.8 Å². The summed E-state index contributed by atoms with van der Waals surface area (Å²) in [6.45, 7) is 4.64. The van der Waals surface area contributed by atoms with Crippen LogP contribution in [0.2, 0.25) is 5.02 Å². The minimum Gasteiger partial charge on any atom is -0.482 e. The Morgan fingerprint density at radius 3 is 2.71 bits per heavy atom. The number of hydrogen-bond acceptors (Lipinski definition) is 6. The number of hydrogen-bond donors (Lipinski definition) is 1. The van der Waals surface area contributed by atoms with Gasteiger partial charge in [-0.05, 0) is 44.5 Å². The molecular weight excluding hydrogens is 336 g/mol. The van der Waals surface area contributed by atoms with Crippen molar-refractivity contribution in [2.75, 3.05) is 11.9 Å². The quantitative estimate of drug-likeness (QED) is 0.804. The highest BCUT2D eigenvalue weighted by molar-refractivity contribution is 6.30. The summed E-state index contributed by atoms with van der Waals surface area (Å²) in [5, 5.41) is 6.69. The maximum atomic E-state index is 11.9. The van der Waals surface area contributed by atoms with Crippen molar-refractivity contribution in [1.29, 1.82) is 0 Å². The maximum absolute atomic E-state index is 11.9. The second-order valence-corrected chi connectivity index (χ2v) is 5.58. The van der Waals surface area contributed by atoms with E-state index in [0.29, 0.717) is 16.5 Å². The van der Waals surface area contributed by atoms with E-state index in [1.165, 1.54) is 6.92 Å². The number of nitrogens with one attached hydrogen (secondary N) is 1. The Kier molecular flexibility index (Phi) is 5.81. The normalized spacial score (nSPS) is 11.7. The second-order valence-electron chi connectivity index (χ2n) is 5.14. The smallest absolute Gasteiger partial charge is 0.344 e. The number of anilines is 1. The highest BCUT2D eigenvalue weighted by Crippen LogP contribution is 2.21. The van der Waals surface area contributed by atoms with Crippen molar-refractivity contribution < 1.29 is 23.6 Å². The van der Waals surface area contributed by atoms with E-state index in [1.54, 1.807) is 31.2 Å². The molecule has 128 valence electrons. The number of amides is 1. The van der Waals surface area contributed by atoms with Gasteiger partial charge < -0.3 is 19.3 Å². The summed E-state index contributed by atoms with van der Waals surface area (Å²) in [5.41, 5.74) is 0.794. The molecule has 7 nitrogen and oxygen atoms in total. The zero-order chi connectivity index (χ0) is 17.7. The molecule has 1 N–H and O–H groups in total. The van der Waals surface area contributed by atoms with Crippen LogP contribution in [0.15, 0.2) is 28.8 Å². The van der Waals surface area contributed by atoms with Crippen LogP contribution in [0.3, 0.4) is 0 Å². The first-order valence-electron chi connectivity index (χ1n) is 7.18. The zero-order valence-corrected chi connectivity index (χ0v) is 14.2. The molecule has 2 rings (SSSR count). The summed E-state index contributed by atoms with van der Waals surface area (Å²) in [6, 6.07) is 6.59. The molecule has 8 heteroatoms. The van der Waals surface area contributed by atoms with E-state index in [2.05, 4.69) is 10.5 Å². The van der Waals surface area contributed by atoms with E-state index in [1.807, 2.05) is 6.92 Å². The Morgan fingerprint density at radius 1 is 1.33 bits per heavy atom. The summed E-state index contributed by atoms with van der Waals surface area (Å²) in [7, 11) is 0. The third-order valence-electron chi connectivity index (χ3n) is 3.04. The van der Waals surface area contributed by atoms with E-state index in [0.717, 1.165) is 5.56 Å². The lowest BCUT2D eigenvalue weighted by atomic mass is 10.2. The largest absolute Gasteiger partial charge is 0.482 e. The van der Waals surface area contributed by atoms with E-state index >= 15 is 0 Å². The molecule has 1 amide bonds. The molecule has 0 aliphatic rings. The number of nitrogens with zero attached hydrogens (tertiary/aromatic N) is 1. The Labute approximate surface area is 143 Å². The van der Waals surface area contributed by atoms with Crippen LogP contribution in [0.4, 0.5) is 5.82 Å². The SMILES string of the molecule is Cc1cc(NC(=O)C(C)OC(=O)COc2ccc(Cl)cc2C)no1. The summed E-state index contributed by atoms with van der Waals surface area (Å²) in [6.07, 6.45) is -0.996. The molecule has 0 spiro atoms. The second kappa shape index (κ2) is 7.83. The first-order chi connectivity index (χ1) is 11.3.